The molecule has 1 aliphatic rings. The lowest BCUT2D eigenvalue weighted by Crippen LogP contribution is -1.83. The first-order chi connectivity index (χ1) is 12.2. The number of nitrogens with zero attached hydrogens (tertiary/aromatic N) is 3. The minimum atomic E-state index is 0.436. The molecule has 0 spiro atoms. The van der Waals surface area contributed by atoms with Crippen LogP contribution in [-0.4, -0.2) is 20.2 Å². The van der Waals surface area contributed by atoms with E-state index in [1.165, 1.54) is 0 Å². The number of imidazole rings is 1. The maximum atomic E-state index is 6.28. The van der Waals surface area contributed by atoms with Crippen LogP contribution < -0.4 is 0 Å². The van der Waals surface area contributed by atoms with E-state index in [1.807, 2.05) is 24.3 Å². The average molecular weight is 371 g/mol. The molecule has 2 aromatic carbocycles. The number of benzene rings is 2. The van der Waals surface area contributed by atoms with Crippen molar-refractivity contribution in [1.29, 1.82) is 0 Å². The van der Waals surface area contributed by atoms with Gasteiger partial charge in [0.1, 0.15) is 5.82 Å². The van der Waals surface area contributed by atoms with Crippen LogP contribution >= 0.6 is 23.2 Å². The Morgan fingerprint density at radius 1 is 1.04 bits per heavy atom. The summed E-state index contributed by atoms with van der Waals surface area (Å²) in [6.45, 7) is 0. The summed E-state index contributed by atoms with van der Waals surface area (Å²) in [5.74, 6) is 2.32. The summed E-state index contributed by atoms with van der Waals surface area (Å²) in [6, 6.07) is 11.2. The third-order valence-electron chi connectivity index (χ3n) is 4.30. The number of hydrogen-bond acceptors (Lipinski definition) is 4. The second kappa shape index (κ2) is 5.58. The zero-order chi connectivity index (χ0) is 17.0. The van der Waals surface area contributed by atoms with E-state index in [9.17, 15) is 0 Å². The fourth-order valence-electron chi connectivity index (χ4n) is 2.83. The van der Waals surface area contributed by atoms with Crippen LogP contribution in [0.4, 0.5) is 0 Å². The van der Waals surface area contributed by atoms with Gasteiger partial charge in [-0.05, 0) is 43.2 Å². The Kier molecular flexibility index (Phi) is 3.33. The maximum Gasteiger partial charge on any atom is 0.247 e. The van der Waals surface area contributed by atoms with Crippen molar-refractivity contribution in [2.24, 2.45) is 0 Å². The lowest BCUT2D eigenvalue weighted by atomic mass is 10.2. The Hall–Kier alpha value is -2.37. The molecule has 0 unspecified atom stereocenters. The Labute approximate surface area is 153 Å². The normalized spacial score (nSPS) is 14.3. The van der Waals surface area contributed by atoms with E-state index < -0.39 is 0 Å². The molecule has 1 fully saturated rings. The number of halogens is 2. The van der Waals surface area contributed by atoms with Gasteiger partial charge in [0.15, 0.2) is 0 Å². The molecule has 0 radical (unpaired) electrons. The highest BCUT2D eigenvalue weighted by atomic mass is 35.5. The number of aromatic nitrogens is 4. The highest BCUT2D eigenvalue weighted by Crippen LogP contribution is 2.40. The van der Waals surface area contributed by atoms with Gasteiger partial charge in [0, 0.05) is 11.5 Å². The van der Waals surface area contributed by atoms with Gasteiger partial charge in [0.05, 0.1) is 26.6 Å². The Morgan fingerprint density at radius 3 is 2.60 bits per heavy atom. The third-order valence-corrected chi connectivity index (χ3v) is 4.93. The molecule has 124 valence electrons. The van der Waals surface area contributed by atoms with Crippen LogP contribution in [0.15, 0.2) is 40.8 Å². The molecule has 2 aromatic heterocycles. The zero-order valence-corrected chi connectivity index (χ0v) is 14.5. The molecule has 25 heavy (non-hydrogen) atoms. The molecule has 1 aliphatic carbocycles. The molecule has 0 aliphatic heterocycles. The summed E-state index contributed by atoms with van der Waals surface area (Å²) in [4.78, 5) is 7.87. The molecule has 1 N–H and O–H groups in total. The van der Waals surface area contributed by atoms with Crippen molar-refractivity contribution >= 4 is 34.2 Å². The van der Waals surface area contributed by atoms with Gasteiger partial charge >= 0.3 is 0 Å². The molecule has 0 saturated heterocycles. The number of H-pyrrole nitrogens is 1. The predicted molar refractivity (Wildman–Crippen MR) is 96.8 cm³/mol. The van der Waals surface area contributed by atoms with E-state index in [4.69, 9.17) is 27.6 Å². The molecule has 4 aromatic rings. The van der Waals surface area contributed by atoms with Crippen LogP contribution in [0, 0.1) is 0 Å². The van der Waals surface area contributed by atoms with E-state index in [0.717, 1.165) is 35.3 Å². The van der Waals surface area contributed by atoms with Gasteiger partial charge in [-0.3, -0.25) is 0 Å². The van der Waals surface area contributed by atoms with Gasteiger partial charge in [-0.2, -0.15) is 0 Å². The molecule has 0 bridgehead atoms. The molecule has 5 rings (SSSR count). The van der Waals surface area contributed by atoms with E-state index >= 15 is 0 Å². The Balaban J connectivity index is 1.58. The molecular weight excluding hydrogens is 359 g/mol. The second-order valence-corrected chi connectivity index (χ2v) is 6.95. The van der Waals surface area contributed by atoms with Crippen molar-refractivity contribution < 1.29 is 4.42 Å². The Morgan fingerprint density at radius 2 is 1.84 bits per heavy atom. The molecule has 7 heteroatoms. The van der Waals surface area contributed by atoms with Crippen molar-refractivity contribution in [3.8, 4) is 22.8 Å². The molecular formula is C18H12Cl2N4O. The van der Waals surface area contributed by atoms with Crippen molar-refractivity contribution in [2.45, 2.75) is 18.8 Å². The van der Waals surface area contributed by atoms with Crippen LogP contribution in [0.5, 0.6) is 0 Å². The zero-order valence-electron chi connectivity index (χ0n) is 13.0. The lowest BCUT2D eigenvalue weighted by molar-refractivity contribution is 0.508. The van der Waals surface area contributed by atoms with E-state index in [-0.39, 0.29) is 0 Å². The van der Waals surface area contributed by atoms with Crippen LogP contribution in [0.2, 0.25) is 10.0 Å². The van der Waals surface area contributed by atoms with Crippen LogP contribution in [-0.2, 0) is 0 Å². The average Bonchev–Trinajstić information content (AvgIpc) is 3.18. The summed E-state index contributed by atoms with van der Waals surface area (Å²) >= 11 is 12.6. The SMILES string of the molecule is Clc1cccc(Cl)c1-c1nc2ccc(-c3nnc(C4CC4)o3)cc2[nH]1. The van der Waals surface area contributed by atoms with Gasteiger partial charge in [0.2, 0.25) is 11.8 Å². The van der Waals surface area contributed by atoms with Gasteiger partial charge in [0.25, 0.3) is 0 Å². The minimum Gasteiger partial charge on any atom is -0.420 e. The monoisotopic (exact) mass is 370 g/mol. The largest absolute Gasteiger partial charge is 0.420 e. The van der Waals surface area contributed by atoms with Crippen molar-refractivity contribution in [3.63, 3.8) is 0 Å². The third kappa shape index (κ3) is 2.60. The van der Waals surface area contributed by atoms with Crippen LogP contribution in [0.25, 0.3) is 33.9 Å². The molecule has 0 atom stereocenters. The summed E-state index contributed by atoms with van der Waals surface area (Å²) in [7, 11) is 0. The topological polar surface area (TPSA) is 67.6 Å². The van der Waals surface area contributed by atoms with Gasteiger partial charge in [-0.25, -0.2) is 4.98 Å². The number of hydrogen-bond donors (Lipinski definition) is 1. The predicted octanol–water partition coefficient (Wildman–Crippen LogP) is 5.46. The second-order valence-electron chi connectivity index (χ2n) is 6.13. The van der Waals surface area contributed by atoms with E-state index in [2.05, 4.69) is 20.2 Å². The number of nitrogens with one attached hydrogen (secondary N) is 1. The maximum absolute atomic E-state index is 6.28. The number of rotatable bonds is 3. The highest BCUT2D eigenvalue weighted by Gasteiger charge is 2.29. The first-order valence-electron chi connectivity index (χ1n) is 7.97. The fourth-order valence-corrected chi connectivity index (χ4v) is 3.41. The summed E-state index contributed by atoms with van der Waals surface area (Å²) in [6.07, 6.45) is 2.26. The van der Waals surface area contributed by atoms with Gasteiger partial charge in [-0.15, -0.1) is 10.2 Å². The highest BCUT2D eigenvalue weighted by molar-refractivity contribution is 6.39. The molecule has 1 saturated carbocycles. The number of fused-ring (bicyclic) bond motifs is 1. The Bertz CT molecular complexity index is 1080. The van der Waals surface area contributed by atoms with E-state index in [1.54, 1.807) is 12.1 Å². The van der Waals surface area contributed by atoms with Crippen molar-refractivity contribution in [2.75, 3.05) is 0 Å². The lowest BCUT2D eigenvalue weighted by Gasteiger charge is -2.02. The summed E-state index contributed by atoms with van der Waals surface area (Å²) in [5.41, 5.74) is 3.22. The summed E-state index contributed by atoms with van der Waals surface area (Å²) < 4.78 is 5.77. The van der Waals surface area contributed by atoms with Crippen molar-refractivity contribution in [3.05, 3.63) is 52.3 Å². The van der Waals surface area contributed by atoms with E-state index in [0.29, 0.717) is 33.2 Å². The smallest absolute Gasteiger partial charge is 0.247 e. The summed E-state index contributed by atoms with van der Waals surface area (Å²) in [5, 5.41) is 9.39. The quantitative estimate of drug-likeness (QED) is 0.519. The molecule has 0 amide bonds. The van der Waals surface area contributed by atoms with Crippen LogP contribution in [0.1, 0.15) is 24.7 Å². The van der Waals surface area contributed by atoms with Crippen LogP contribution in [0.3, 0.4) is 0 Å². The first-order valence-corrected chi connectivity index (χ1v) is 8.72. The van der Waals surface area contributed by atoms with Gasteiger partial charge < -0.3 is 9.40 Å². The molecule has 2 heterocycles. The minimum absolute atomic E-state index is 0.436. The van der Waals surface area contributed by atoms with Gasteiger partial charge in [-0.1, -0.05) is 29.3 Å². The standard InChI is InChI=1S/C18H12Cl2N4O/c19-11-2-1-3-12(20)15(11)16-21-13-7-6-10(8-14(13)22-16)18-24-23-17(25-18)9-4-5-9/h1-3,6-9H,4-5H2,(H,21,22). The van der Waals surface area contributed by atoms with Crippen molar-refractivity contribution in [1.82, 2.24) is 20.2 Å². The first kappa shape index (κ1) is 14.9. The molecule has 5 nitrogen and oxygen atoms in total. The fraction of sp³-hybridized carbons (Fsp3) is 0.167. The number of aromatic amines is 1.